The zero-order chi connectivity index (χ0) is 15.9. The number of aryl methyl sites for hydroxylation is 1. The number of anilines is 2. The van der Waals surface area contributed by atoms with Gasteiger partial charge < -0.3 is 16.4 Å². The lowest BCUT2D eigenvalue weighted by Gasteiger charge is -2.09. The van der Waals surface area contributed by atoms with Crippen LogP contribution in [0.2, 0.25) is 10.0 Å². The first-order chi connectivity index (χ1) is 10.6. The standard InChI is InChI=1S/C16H17Cl2N3O/c17-13-8-7-12(10-14(13)18)21-16(22)20-9-3-5-11-4-1-2-6-15(11)19/h1-2,4,6-8,10H,3,5,9,19H2,(H2,20,21,22). The molecule has 0 aromatic heterocycles. The Morgan fingerprint density at radius 1 is 1.09 bits per heavy atom. The number of urea groups is 1. The second-order valence-electron chi connectivity index (χ2n) is 4.81. The minimum absolute atomic E-state index is 0.278. The molecule has 0 aliphatic carbocycles. The van der Waals surface area contributed by atoms with E-state index >= 15 is 0 Å². The number of hydrogen-bond donors (Lipinski definition) is 3. The number of carbonyl (C=O) groups excluding carboxylic acids is 1. The smallest absolute Gasteiger partial charge is 0.319 e. The quantitative estimate of drug-likeness (QED) is 0.561. The van der Waals surface area contributed by atoms with E-state index in [2.05, 4.69) is 10.6 Å². The first-order valence-corrected chi connectivity index (χ1v) is 7.65. The molecular formula is C16H17Cl2N3O. The molecular weight excluding hydrogens is 321 g/mol. The zero-order valence-electron chi connectivity index (χ0n) is 11.9. The van der Waals surface area contributed by atoms with Crippen molar-refractivity contribution < 1.29 is 4.79 Å². The molecule has 0 bridgehead atoms. The van der Waals surface area contributed by atoms with Crippen molar-refractivity contribution in [2.24, 2.45) is 0 Å². The third kappa shape index (κ3) is 4.83. The van der Waals surface area contributed by atoms with Crippen LogP contribution in [-0.4, -0.2) is 12.6 Å². The molecule has 2 rings (SSSR count). The van der Waals surface area contributed by atoms with Gasteiger partial charge in [0, 0.05) is 17.9 Å². The van der Waals surface area contributed by atoms with Crippen molar-refractivity contribution >= 4 is 40.6 Å². The van der Waals surface area contributed by atoms with Gasteiger partial charge in [-0.05, 0) is 42.7 Å². The average molecular weight is 338 g/mol. The van der Waals surface area contributed by atoms with Crippen LogP contribution in [-0.2, 0) is 6.42 Å². The summed E-state index contributed by atoms with van der Waals surface area (Å²) in [7, 11) is 0. The fourth-order valence-electron chi connectivity index (χ4n) is 1.99. The Bertz CT molecular complexity index is 662. The second kappa shape index (κ2) is 7.92. The van der Waals surface area contributed by atoms with Gasteiger partial charge in [0.25, 0.3) is 0 Å². The molecule has 0 atom stereocenters. The Morgan fingerprint density at radius 2 is 1.86 bits per heavy atom. The van der Waals surface area contributed by atoms with Crippen LogP contribution in [0.1, 0.15) is 12.0 Å². The van der Waals surface area contributed by atoms with E-state index in [4.69, 9.17) is 28.9 Å². The van der Waals surface area contributed by atoms with Crippen LogP contribution in [0.3, 0.4) is 0 Å². The first kappa shape index (κ1) is 16.5. The number of nitrogens with two attached hydrogens (primary N) is 1. The molecule has 4 nitrogen and oxygen atoms in total. The van der Waals surface area contributed by atoms with E-state index in [0.29, 0.717) is 22.3 Å². The maximum absolute atomic E-state index is 11.8. The Labute approximate surface area is 139 Å². The van der Waals surface area contributed by atoms with Crippen molar-refractivity contribution in [3.8, 4) is 0 Å². The van der Waals surface area contributed by atoms with E-state index < -0.39 is 0 Å². The number of hydrogen-bond acceptors (Lipinski definition) is 2. The minimum Gasteiger partial charge on any atom is -0.399 e. The van der Waals surface area contributed by atoms with E-state index in [1.807, 2.05) is 24.3 Å². The molecule has 0 unspecified atom stereocenters. The van der Waals surface area contributed by atoms with E-state index in [9.17, 15) is 4.79 Å². The lowest BCUT2D eigenvalue weighted by Crippen LogP contribution is -2.29. The van der Waals surface area contributed by atoms with E-state index in [-0.39, 0.29) is 6.03 Å². The fourth-order valence-corrected chi connectivity index (χ4v) is 2.29. The zero-order valence-corrected chi connectivity index (χ0v) is 13.4. The molecule has 22 heavy (non-hydrogen) atoms. The summed E-state index contributed by atoms with van der Waals surface area (Å²) in [5.41, 5.74) is 8.34. The molecule has 6 heteroatoms. The number of para-hydroxylation sites is 1. The third-order valence-corrected chi connectivity index (χ3v) is 3.88. The predicted molar refractivity (Wildman–Crippen MR) is 92.7 cm³/mol. The first-order valence-electron chi connectivity index (χ1n) is 6.89. The van der Waals surface area contributed by atoms with Crippen molar-refractivity contribution in [2.75, 3.05) is 17.6 Å². The van der Waals surface area contributed by atoms with Crippen LogP contribution in [0.4, 0.5) is 16.2 Å². The lowest BCUT2D eigenvalue weighted by molar-refractivity contribution is 0.252. The fraction of sp³-hybridized carbons (Fsp3) is 0.188. The topological polar surface area (TPSA) is 67.1 Å². The van der Waals surface area contributed by atoms with Crippen LogP contribution < -0.4 is 16.4 Å². The normalized spacial score (nSPS) is 10.3. The number of carbonyl (C=O) groups is 1. The molecule has 0 fully saturated rings. The third-order valence-electron chi connectivity index (χ3n) is 3.14. The van der Waals surface area contributed by atoms with Crippen molar-refractivity contribution in [2.45, 2.75) is 12.8 Å². The minimum atomic E-state index is -0.278. The highest BCUT2D eigenvalue weighted by Gasteiger charge is 2.04. The monoisotopic (exact) mass is 337 g/mol. The lowest BCUT2D eigenvalue weighted by atomic mass is 10.1. The van der Waals surface area contributed by atoms with Crippen LogP contribution in [0.5, 0.6) is 0 Å². The van der Waals surface area contributed by atoms with Crippen molar-refractivity contribution in [3.05, 3.63) is 58.1 Å². The summed E-state index contributed by atoms with van der Waals surface area (Å²) in [6.45, 7) is 0.557. The van der Waals surface area contributed by atoms with Crippen LogP contribution in [0, 0.1) is 0 Å². The Hall–Kier alpha value is -1.91. The van der Waals surface area contributed by atoms with Gasteiger partial charge in [-0.1, -0.05) is 41.4 Å². The summed E-state index contributed by atoms with van der Waals surface area (Å²) >= 11 is 11.7. The van der Waals surface area contributed by atoms with Crippen LogP contribution >= 0.6 is 23.2 Å². The van der Waals surface area contributed by atoms with Gasteiger partial charge >= 0.3 is 6.03 Å². The molecule has 2 aromatic carbocycles. The molecule has 0 saturated heterocycles. The number of amides is 2. The number of rotatable bonds is 5. The Kier molecular flexibility index (Phi) is 5.92. The molecule has 4 N–H and O–H groups in total. The molecule has 0 spiro atoms. The number of halogens is 2. The van der Waals surface area contributed by atoms with Gasteiger partial charge in [-0.25, -0.2) is 4.79 Å². The van der Waals surface area contributed by atoms with Gasteiger partial charge in [0.2, 0.25) is 0 Å². The molecule has 0 radical (unpaired) electrons. The predicted octanol–water partition coefficient (Wildman–Crippen LogP) is 4.33. The molecule has 0 aliphatic heterocycles. The van der Waals surface area contributed by atoms with Gasteiger partial charge in [0.1, 0.15) is 0 Å². The average Bonchev–Trinajstić information content (AvgIpc) is 2.49. The summed E-state index contributed by atoms with van der Waals surface area (Å²) in [5, 5.41) is 6.34. The SMILES string of the molecule is Nc1ccccc1CCCNC(=O)Nc1ccc(Cl)c(Cl)c1. The highest BCUT2D eigenvalue weighted by molar-refractivity contribution is 6.42. The van der Waals surface area contributed by atoms with E-state index in [1.54, 1.807) is 18.2 Å². The van der Waals surface area contributed by atoms with Gasteiger partial charge in [-0.15, -0.1) is 0 Å². The summed E-state index contributed by atoms with van der Waals surface area (Å²) in [4.78, 5) is 11.8. The molecule has 0 aliphatic rings. The summed E-state index contributed by atoms with van der Waals surface area (Å²) in [5.74, 6) is 0. The van der Waals surface area contributed by atoms with Gasteiger partial charge in [0.05, 0.1) is 10.0 Å². The number of benzene rings is 2. The van der Waals surface area contributed by atoms with E-state index in [0.717, 1.165) is 24.1 Å². The van der Waals surface area contributed by atoms with Crippen molar-refractivity contribution in [3.63, 3.8) is 0 Å². The highest BCUT2D eigenvalue weighted by Crippen LogP contribution is 2.24. The summed E-state index contributed by atoms with van der Waals surface area (Å²) in [6, 6.07) is 12.4. The number of nitrogens with one attached hydrogen (secondary N) is 2. The van der Waals surface area contributed by atoms with Gasteiger partial charge in [-0.3, -0.25) is 0 Å². The van der Waals surface area contributed by atoms with Gasteiger partial charge in [-0.2, -0.15) is 0 Å². The molecule has 2 aromatic rings. The molecule has 0 heterocycles. The van der Waals surface area contributed by atoms with Gasteiger partial charge in [0.15, 0.2) is 0 Å². The molecule has 116 valence electrons. The maximum atomic E-state index is 11.8. The molecule has 0 saturated carbocycles. The van der Waals surface area contributed by atoms with Crippen molar-refractivity contribution in [1.29, 1.82) is 0 Å². The molecule has 2 amide bonds. The Balaban J connectivity index is 1.74. The summed E-state index contributed by atoms with van der Waals surface area (Å²) in [6.07, 6.45) is 1.63. The van der Waals surface area contributed by atoms with Crippen molar-refractivity contribution in [1.82, 2.24) is 5.32 Å². The second-order valence-corrected chi connectivity index (χ2v) is 5.63. The van der Waals surface area contributed by atoms with Crippen LogP contribution in [0.25, 0.3) is 0 Å². The number of nitrogen functional groups attached to an aromatic ring is 1. The van der Waals surface area contributed by atoms with Crippen LogP contribution in [0.15, 0.2) is 42.5 Å². The maximum Gasteiger partial charge on any atom is 0.319 e. The van der Waals surface area contributed by atoms with E-state index in [1.165, 1.54) is 0 Å². The summed E-state index contributed by atoms with van der Waals surface area (Å²) < 4.78 is 0. The highest BCUT2D eigenvalue weighted by atomic mass is 35.5. The largest absolute Gasteiger partial charge is 0.399 e. The Morgan fingerprint density at radius 3 is 2.59 bits per heavy atom.